The lowest BCUT2D eigenvalue weighted by atomic mass is 10.1. The van der Waals surface area contributed by atoms with Gasteiger partial charge < -0.3 is 21.1 Å². The van der Waals surface area contributed by atoms with Gasteiger partial charge in [0.15, 0.2) is 0 Å². The lowest BCUT2D eigenvalue weighted by Crippen LogP contribution is -2.29. The van der Waals surface area contributed by atoms with E-state index >= 15 is 0 Å². The molecule has 0 aromatic heterocycles. The first-order chi connectivity index (χ1) is 10.0. The van der Waals surface area contributed by atoms with Crippen molar-refractivity contribution in [3.63, 3.8) is 0 Å². The second kappa shape index (κ2) is 9.20. The van der Waals surface area contributed by atoms with Crippen molar-refractivity contribution < 1.29 is 14.3 Å². The Kier molecular flexibility index (Phi) is 7.56. The third-order valence-electron chi connectivity index (χ3n) is 2.57. The van der Waals surface area contributed by atoms with Crippen molar-refractivity contribution in [2.45, 2.75) is 13.3 Å². The van der Waals surface area contributed by atoms with E-state index < -0.39 is 5.91 Å². The number of primary amides is 1. The van der Waals surface area contributed by atoms with Crippen molar-refractivity contribution in [3.05, 3.63) is 28.8 Å². The molecule has 1 aromatic rings. The number of hydrogen-bond acceptors (Lipinski definition) is 4. The van der Waals surface area contributed by atoms with Gasteiger partial charge in [-0.3, -0.25) is 9.59 Å². The highest BCUT2D eigenvalue weighted by Gasteiger charge is 2.11. The number of carbonyl (C=O) groups excluding carboxylic acids is 2. The summed E-state index contributed by atoms with van der Waals surface area (Å²) in [7, 11) is 0. The third kappa shape index (κ3) is 6.46. The summed E-state index contributed by atoms with van der Waals surface area (Å²) in [6, 6.07) is 5.11. The molecule has 1 aromatic carbocycles. The fourth-order valence-electron chi connectivity index (χ4n) is 1.62. The Balaban J connectivity index is 2.55. The van der Waals surface area contributed by atoms with Crippen LogP contribution in [0.1, 0.15) is 23.7 Å². The summed E-state index contributed by atoms with van der Waals surface area (Å²) in [6.07, 6.45) is 0.949. The Morgan fingerprint density at radius 3 is 2.76 bits per heavy atom. The molecular formula is C14H20ClN3O3. The number of carbonyl (C=O) groups is 2. The number of benzene rings is 1. The highest BCUT2D eigenvalue weighted by molar-refractivity contribution is 6.31. The van der Waals surface area contributed by atoms with Gasteiger partial charge in [-0.15, -0.1) is 0 Å². The topological polar surface area (TPSA) is 93.4 Å². The number of hydrogen-bond donors (Lipinski definition) is 3. The number of ether oxygens (including phenoxy) is 1. The van der Waals surface area contributed by atoms with E-state index in [1.165, 1.54) is 0 Å². The predicted molar refractivity (Wildman–Crippen MR) is 82.6 cm³/mol. The van der Waals surface area contributed by atoms with Gasteiger partial charge in [0, 0.05) is 23.8 Å². The zero-order valence-electron chi connectivity index (χ0n) is 11.9. The van der Waals surface area contributed by atoms with Gasteiger partial charge in [-0.25, -0.2) is 0 Å². The summed E-state index contributed by atoms with van der Waals surface area (Å²) in [4.78, 5) is 22.6. The van der Waals surface area contributed by atoms with Gasteiger partial charge in [0.1, 0.15) is 6.61 Å². The van der Waals surface area contributed by atoms with Gasteiger partial charge in [0.05, 0.1) is 12.2 Å². The Morgan fingerprint density at radius 1 is 1.33 bits per heavy atom. The van der Waals surface area contributed by atoms with E-state index in [0.29, 0.717) is 10.6 Å². The van der Waals surface area contributed by atoms with E-state index in [1.807, 2.05) is 6.92 Å². The molecule has 21 heavy (non-hydrogen) atoms. The number of anilines is 1. The molecule has 0 aliphatic carbocycles. The normalized spacial score (nSPS) is 10.2. The minimum Gasteiger partial charge on any atom is -0.384 e. The lowest BCUT2D eigenvalue weighted by molar-refractivity contribution is -0.122. The van der Waals surface area contributed by atoms with E-state index in [9.17, 15) is 9.59 Å². The van der Waals surface area contributed by atoms with Gasteiger partial charge in [-0.2, -0.15) is 0 Å². The number of rotatable bonds is 9. The van der Waals surface area contributed by atoms with E-state index in [0.717, 1.165) is 18.7 Å². The van der Waals surface area contributed by atoms with Crippen molar-refractivity contribution in [2.75, 3.05) is 31.6 Å². The summed E-state index contributed by atoms with van der Waals surface area (Å²) in [6.45, 7) is 3.15. The second-order valence-electron chi connectivity index (χ2n) is 4.39. The van der Waals surface area contributed by atoms with Gasteiger partial charge in [0.25, 0.3) is 5.91 Å². The Hall–Kier alpha value is -1.79. The zero-order chi connectivity index (χ0) is 15.7. The maximum Gasteiger partial charge on any atom is 0.253 e. The van der Waals surface area contributed by atoms with Gasteiger partial charge >= 0.3 is 0 Å². The molecule has 0 saturated carbocycles. The second-order valence-corrected chi connectivity index (χ2v) is 4.83. The molecule has 1 rings (SSSR count). The van der Waals surface area contributed by atoms with E-state index in [1.54, 1.807) is 18.2 Å². The summed E-state index contributed by atoms with van der Waals surface area (Å²) in [5.41, 5.74) is 6.15. The number of amides is 2. The van der Waals surface area contributed by atoms with Crippen LogP contribution in [0.25, 0.3) is 0 Å². The monoisotopic (exact) mass is 313 g/mol. The molecule has 6 nitrogen and oxygen atoms in total. The van der Waals surface area contributed by atoms with Crippen LogP contribution in [0, 0.1) is 0 Å². The van der Waals surface area contributed by atoms with Crippen LogP contribution in [0.15, 0.2) is 18.2 Å². The molecule has 0 spiro atoms. The largest absolute Gasteiger partial charge is 0.384 e. The Bertz CT molecular complexity index is 494. The summed E-state index contributed by atoms with van der Waals surface area (Å²) in [5, 5.41) is 6.37. The quantitative estimate of drug-likeness (QED) is 0.601. The Labute approximate surface area is 129 Å². The van der Waals surface area contributed by atoms with E-state index in [2.05, 4.69) is 10.6 Å². The van der Waals surface area contributed by atoms with Crippen LogP contribution in [0.4, 0.5) is 5.69 Å². The lowest BCUT2D eigenvalue weighted by Gasteiger charge is -2.12. The van der Waals surface area contributed by atoms with Crippen LogP contribution in [0.2, 0.25) is 5.02 Å². The van der Waals surface area contributed by atoms with Crippen molar-refractivity contribution in [1.29, 1.82) is 0 Å². The van der Waals surface area contributed by atoms with E-state index in [-0.39, 0.29) is 25.7 Å². The molecule has 4 N–H and O–H groups in total. The fourth-order valence-corrected chi connectivity index (χ4v) is 1.79. The molecule has 0 bridgehead atoms. The maximum atomic E-state index is 12.1. The first kappa shape index (κ1) is 17.3. The molecule has 0 atom stereocenters. The zero-order valence-corrected chi connectivity index (χ0v) is 12.7. The number of halogens is 1. The first-order valence-corrected chi connectivity index (χ1v) is 7.10. The minimum atomic E-state index is -0.540. The standard InChI is InChI=1S/C14H20ClN3O3/c1-2-5-17-12-4-3-10(15)8-11(12)14(20)18-6-7-21-9-13(16)19/h3-4,8,17H,2,5-7,9H2,1H3,(H2,16,19)(H,18,20). The summed E-state index contributed by atoms with van der Waals surface area (Å²) in [5.74, 6) is -0.791. The summed E-state index contributed by atoms with van der Waals surface area (Å²) < 4.78 is 4.97. The van der Waals surface area contributed by atoms with Crippen LogP contribution < -0.4 is 16.4 Å². The molecule has 0 saturated heterocycles. The highest BCUT2D eigenvalue weighted by Crippen LogP contribution is 2.20. The molecule has 116 valence electrons. The fraction of sp³-hybridized carbons (Fsp3) is 0.429. The Morgan fingerprint density at radius 2 is 2.10 bits per heavy atom. The van der Waals surface area contributed by atoms with Crippen LogP contribution in [-0.4, -0.2) is 38.1 Å². The molecule has 0 aliphatic rings. The molecule has 0 unspecified atom stereocenters. The van der Waals surface area contributed by atoms with Crippen molar-refractivity contribution in [3.8, 4) is 0 Å². The maximum absolute atomic E-state index is 12.1. The van der Waals surface area contributed by atoms with Gasteiger partial charge in [-0.05, 0) is 24.6 Å². The van der Waals surface area contributed by atoms with Crippen LogP contribution in [0.5, 0.6) is 0 Å². The van der Waals surface area contributed by atoms with Crippen molar-refractivity contribution >= 4 is 29.1 Å². The van der Waals surface area contributed by atoms with Crippen LogP contribution >= 0.6 is 11.6 Å². The van der Waals surface area contributed by atoms with E-state index in [4.69, 9.17) is 22.1 Å². The highest BCUT2D eigenvalue weighted by atomic mass is 35.5. The van der Waals surface area contributed by atoms with Crippen molar-refractivity contribution in [2.24, 2.45) is 5.73 Å². The molecule has 0 aliphatic heterocycles. The summed E-state index contributed by atoms with van der Waals surface area (Å²) >= 11 is 5.93. The molecular weight excluding hydrogens is 294 g/mol. The number of nitrogens with two attached hydrogens (primary N) is 1. The minimum absolute atomic E-state index is 0.156. The average molecular weight is 314 g/mol. The van der Waals surface area contributed by atoms with Crippen molar-refractivity contribution in [1.82, 2.24) is 5.32 Å². The molecule has 0 heterocycles. The smallest absolute Gasteiger partial charge is 0.253 e. The number of nitrogens with one attached hydrogen (secondary N) is 2. The predicted octanol–water partition coefficient (Wildman–Crippen LogP) is 1.39. The molecule has 0 radical (unpaired) electrons. The van der Waals surface area contributed by atoms with Crippen LogP contribution in [0.3, 0.4) is 0 Å². The SMILES string of the molecule is CCCNc1ccc(Cl)cc1C(=O)NCCOCC(N)=O. The average Bonchev–Trinajstić information content (AvgIpc) is 2.45. The van der Waals surface area contributed by atoms with Gasteiger partial charge in [0.2, 0.25) is 5.91 Å². The molecule has 2 amide bonds. The molecule has 7 heteroatoms. The molecule has 0 fully saturated rings. The van der Waals surface area contributed by atoms with Crippen LogP contribution in [-0.2, 0) is 9.53 Å². The first-order valence-electron chi connectivity index (χ1n) is 6.72. The van der Waals surface area contributed by atoms with Gasteiger partial charge in [-0.1, -0.05) is 18.5 Å². The third-order valence-corrected chi connectivity index (χ3v) is 2.80.